The molecule has 1 atom stereocenters. The molecule has 0 saturated carbocycles. The van der Waals surface area contributed by atoms with E-state index in [9.17, 15) is 19.5 Å². The Bertz CT molecular complexity index is 2020. The van der Waals surface area contributed by atoms with Crippen LogP contribution in [0.25, 0.3) is 5.76 Å². The van der Waals surface area contributed by atoms with Crippen molar-refractivity contribution in [2.45, 2.75) is 33.4 Å². The molecule has 5 aromatic rings. The largest absolute Gasteiger partial charge is 0.507 e. The zero-order valence-corrected chi connectivity index (χ0v) is 27.3. The van der Waals surface area contributed by atoms with Crippen molar-refractivity contribution in [1.29, 1.82) is 0 Å². The number of Topliss-reactive ketones (excluding diaryl/α,β-unsaturated/α-hetero) is 1. The van der Waals surface area contributed by atoms with Gasteiger partial charge < -0.3 is 19.3 Å². The number of carbonyl (C=O) groups excluding carboxylic acids is 3. The lowest BCUT2D eigenvalue weighted by Gasteiger charge is -2.23. The molecule has 0 radical (unpaired) electrons. The van der Waals surface area contributed by atoms with Crippen LogP contribution in [0.15, 0.2) is 109 Å². The molecule has 9 nitrogen and oxygen atoms in total. The third-order valence-corrected chi connectivity index (χ3v) is 8.87. The summed E-state index contributed by atoms with van der Waals surface area (Å²) in [5.41, 5.74) is 2.80. The SMILES string of the molecule is CCOC(=O)c1sc(N2C(=O)C(=O)C(=C(O)c3ccc(OCc4ccccc4)c(C)c3)C2c2cccc(Oc3ccccc3)c2)nc1C. The highest BCUT2D eigenvalue weighted by Crippen LogP contribution is 2.45. The predicted octanol–water partition coefficient (Wildman–Crippen LogP) is 7.93. The van der Waals surface area contributed by atoms with Gasteiger partial charge in [-0.3, -0.25) is 14.5 Å². The van der Waals surface area contributed by atoms with Crippen molar-refractivity contribution < 1.29 is 33.7 Å². The van der Waals surface area contributed by atoms with E-state index in [2.05, 4.69) is 4.98 Å². The monoisotopic (exact) mass is 660 g/mol. The van der Waals surface area contributed by atoms with E-state index in [4.69, 9.17) is 14.2 Å². The molecule has 0 aliphatic carbocycles. The molecule has 242 valence electrons. The van der Waals surface area contributed by atoms with E-state index in [-0.39, 0.29) is 27.9 Å². The summed E-state index contributed by atoms with van der Waals surface area (Å²) in [6, 6.07) is 29.9. The van der Waals surface area contributed by atoms with Gasteiger partial charge in [0.15, 0.2) is 5.13 Å². The van der Waals surface area contributed by atoms with Crippen molar-refractivity contribution in [3.8, 4) is 17.2 Å². The topological polar surface area (TPSA) is 115 Å². The molecule has 2 heterocycles. The lowest BCUT2D eigenvalue weighted by atomic mass is 9.94. The van der Waals surface area contributed by atoms with E-state index in [0.29, 0.717) is 40.7 Å². The van der Waals surface area contributed by atoms with E-state index < -0.39 is 23.7 Å². The molecule has 1 unspecified atom stereocenters. The smallest absolute Gasteiger partial charge is 0.350 e. The second kappa shape index (κ2) is 13.9. The van der Waals surface area contributed by atoms with E-state index in [1.165, 1.54) is 4.90 Å². The molecule has 48 heavy (non-hydrogen) atoms. The lowest BCUT2D eigenvalue weighted by molar-refractivity contribution is -0.132. The molecule has 4 aromatic carbocycles. The fourth-order valence-electron chi connectivity index (χ4n) is 5.44. The maximum absolute atomic E-state index is 13.8. The van der Waals surface area contributed by atoms with Gasteiger partial charge in [-0.05, 0) is 79.9 Å². The number of anilines is 1. The van der Waals surface area contributed by atoms with Gasteiger partial charge in [0.2, 0.25) is 0 Å². The second-order valence-corrected chi connectivity index (χ2v) is 12.0. The number of hydrogen-bond acceptors (Lipinski definition) is 9. The number of aromatic nitrogens is 1. The second-order valence-electron chi connectivity index (χ2n) is 11.0. The van der Waals surface area contributed by atoms with Gasteiger partial charge in [0.1, 0.15) is 34.5 Å². The molecule has 6 rings (SSSR count). The number of nitrogens with zero attached hydrogens (tertiary/aromatic N) is 2. The minimum Gasteiger partial charge on any atom is -0.507 e. The molecule has 1 aliphatic rings. The first-order valence-corrected chi connectivity index (χ1v) is 16.1. The van der Waals surface area contributed by atoms with Crippen LogP contribution in [0.3, 0.4) is 0 Å². The van der Waals surface area contributed by atoms with Crippen molar-refractivity contribution in [2.75, 3.05) is 11.5 Å². The molecule has 0 spiro atoms. The van der Waals surface area contributed by atoms with E-state index >= 15 is 0 Å². The maximum atomic E-state index is 13.8. The van der Waals surface area contributed by atoms with Crippen LogP contribution in [0.5, 0.6) is 17.2 Å². The number of aryl methyl sites for hydroxylation is 2. The zero-order valence-electron chi connectivity index (χ0n) is 26.5. The Kier molecular flexibility index (Phi) is 9.36. The van der Waals surface area contributed by atoms with Crippen LogP contribution < -0.4 is 14.4 Å². The predicted molar refractivity (Wildman–Crippen MR) is 183 cm³/mol. The van der Waals surface area contributed by atoms with Gasteiger partial charge in [0.05, 0.1) is 23.9 Å². The van der Waals surface area contributed by atoms with Gasteiger partial charge in [0.25, 0.3) is 5.78 Å². The van der Waals surface area contributed by atoms with Gasteiger partial charge in [-0.25, -0.2) is 9.78 Å². The van der Waals surface area contributed by atoms with E-state index in [1.54, 1.807) is 56.3 Å². The Morgan fingerprint density at radius 2 is 1.60 bits per heavy atom. The number of hydrogen-bond donors (Lipinski definition) is 1. The van der Waals surface area contributed by atoms with Crippen molar-refractivity contribution >= 4 is 39.9 Å². The summed E-state index contributed by atoms with van der Waals surface area (Å²) < 4.78 is 17.3. The number of rotatable bonds is 10. The van der Waals surface area contributed by atoms with Crippen molar-refractivity contribution in [3.05, 3.63) is 142 Å². The van der Waals surface area contributed by atoms with Crippen LogP contribution in [0.1, 0.15) is 50.6 Å². The maximum Gasteiger partial charge on any atom is 0.350 e. The summed E-state index contributed by atoms with van der Waals surface area (Å²) in [6.07, 6.45) is 0. The van der Waals surface area contributed by atoms with Crippen molar-refractivity contribution in [3.63, 3.8) is 0 Å². The summed E-state index contributed by atoms with van der Waals surface area (Å²) in [5.74, 6) is -1.03. The Morgan fingerprint density at radius 3 is 2.31 bits per heavy atom. The summed E-state index contributed by atoms with van der Waals surface area (Å²) in [7, 11) is 0. The minimum atomic E-state index is -1.08. The van der Waals surface area contributed by atoms with Crippen LogP contribution in [0.2, 0.25) is 0 Å². The Hall–Kier alpha value is -5.74. The Morgan fingerprint density at radius 1 is 0.896 bits per heavy atom. The number of ketones is 1. The minimum absolute atomic E-state index is 0.122. The molecular weight excluding hydrogens is 628 g/mol. The molecule has 1 aromatic heterocycles. The summed E-state index contributed by atoms with van der Waals surface area (Å²) >= 11 is 0.949. The molecular formula is C38H32N2O7S. The number of benzene rings is 4. The van der Waals surface area contributed by atoms with Crippen LogP contribution >= 0.6 is 11.3 Å². The van der Waals surface area contributed by atoms with Gasteiger partial charge in [0, 0.05) is 5.56 Å². The number of aliphatic hydroxyl groups is 1. The number of para-hydroxylation sites is 1. The molecule has 1 saturated heterocycles. The standard InChI is InChI=1S/C38H32N2O7S/c1-4-45-37(44)35-24(3)39-38(48-35)40-32(26-14-11-17-29(21-26)47-28-15-9-6-10-16-28)31(34(42)36(40)43)33(41)27-18-19-30(23(2)20-27)46-22-25-12-7-5-8-13-25/h5-21,32,41H,4,22H2,1-3H3. The third-order valence-electron chi connectivity index (χ3n) is 7.73. The van der Waals surface area contributed by atoms with Crippen molar-refractivity contribution in [2.24, 2.45) is 0 Å². The molecule has 10 heteroatoms. The number of carbonyl (C=O) groups is 3. The molecule has 1 fully saturated rings. The van der Waals surface area contributed by atoms with Gasteiger partial charge in [-0.15, -0.1) is 0 Å². The average Bonchev–Trinajstić information content (AvgIpc) is 3.60. The quantitative estimate of drug-likeness (QED) is 0.0695. The summed E-state index contributed by atoms with van der Waals surface area (Å²) in [6.45, 7) is 5.70. The lowest BCUT2D eigenvalue weighted by Crippen LogP contribution is -2.29. The zero-order chi connectivity index (χ0) is 33.8. The normalized spacial score (nSPS) is 15.4. The van der Waals surface area contributed by atoms with Crippen LogP contribution in [-0.2, 0) is 20.9 Å². The molecule has 1 aliphatic heterocycles. The third kappa shape index (κ3) is 6.56. The van der Waals surface area contributed by atoms with Gasteiger partial charge in [-0.1, -0.05) is 72.0 Å². The number of thiazole rings is 1. The molecule has 1 amide bonds. The highest BCUT2D eigenvalue weighted by Gasteiger charge is 2.48. The van der Waals surface area contributed by atoms with Crippen LogP contribution in [0.4, 0.5) is 5.13 Å². The molecule has 1 N–H and O–H groups in total. The van der Waals surface area contributed by atoms with Crippen LogP contribution in [-0.4, -0.2) is 34.4 Å². The first kappa shape index (κ1) is 32.2. The van der Waals surface area contributed by atoms with E-state index in [0.717, 1.165) is 22.5 Å². The van der Waals surface area contributed by atoms with Gasteiger partial charge in [-0.2, -0.15) is 0 Å². The first-order valence-electron chi connectivity index (χ1n) is 15.3. The number of aliphatic hydroxyl groups excluding tert-OH is 1. The first-order chi connectivity index (χ1) is 23.2. The van der Waals surface area contributed by atoms with Crippen LogP contribution in [0, 0.1) is 13.8 Å². The summed E-state index contributed by atoms with van der Waals surface area (Å²) in [5, 5.41) is 11.9. The molecule has 0 bridgehead atoms. The van der Waals surface area contributed by atoms with Gasteiger partial charge >= 0.3 is 11.9 Å². The highest BCUT2D eigenvalue weighted by atomic mass is 32.1. The Labute approximate surface area is 281 Å². The number of amides is 1. The number of ether oxygens (including phenoxy) is 3. The van der Waals surface area contributed by atoms with E-state index in [1.807, 2.05) is 67.6 Å². The average molecular weight is 661 g/mol. The summed E-state index contributed by atoms with van der Waals surface area (Å²) in [4.78, 5) is 46.2. The number of esters is 1. The fourth-order valence-corrected chi connectivity index (χ4v) is 6.43. The fraction of sp³-hybridized carbons (Fsp3) is 0.158. The van der Waals surface area contributed by atoms with Crippen molar-refractivity contribution in [1.82, 2.24) is 4.98 Å². The Balaban J connectivity index is 1.42. The highest BCUT2D eigenvalue weighted by molar-refractivity contribution is 7.17.